The van der Waals surface area contributed by atoms with Gasteiger partial charge < -0.3 is 10.0 Å². The zero-order chi connectivity index (χ0) is 26.1. The van der Waals surface area contributed by atoms with Crippen LogP contribution in [0.25, 0.3) is 11.1 Å². The number of amides is 1. The van der Waals surface area contributed by atoms with Gasteiger partial charge in [0, 0.05) is 32.1 Å². The maximum Gasteiger partial charge on any atom is 0.318 e. The van der Waals surface area contributed by atoms with Crippen LogP contribution in [0.1, 0.15) is 47.9 Å². The lowest BCUT2D eigenvalue weighted by atomic mass is 9.74. The number of fused-ring (bicyclic) bond motifs is 4. The Balaban J connectivity index is 1.03. The first-order chi connectivity index (χ1) is 18.6. The second kappa shape index (κ2) is 10.4. The number of carboxylic acid groups (broad SMARTS) is 1. The Kier molecular flexibility index (Phi) is 6.79. The van der Waals surface area contributed by atoms with E-state index in [1.54, 1.807) is 0 Å². The van der Waals surface area contributed by atoms with Crippen LogP contribution in [0.3, 0.4) is 0 Å². The molecule has 1 unspecified atom stereocenters. The van der Waals surface area contributed by atoms with Crippen LogP contribution < -0.4 is 0 Å². The van der Waals surface area contributed by atoms with Crippen LogP contribution in [0.4, 0.5) is 0 Å². The molecule has 1 amide bonds. The average molecular weight is 509 g/mol. The molecule has 5 heteroatoms. The lowest BCUT2D eigenvalue weighted by Gasteiger charge is -2.37. The molecule has 1 heterocycles. The van der Waals surface area contributed by atoms with Crippen molar-refractivity contribution in [1.29, 1.82) is 0 Å². The third kappa shape index (κ3) is 4.33. The number of hydrogen-bond acceptors (Lipinski definition) is 3. The van der Waals surface area contributed by atoms with E-state index in [-0.39, 0.29) is 5.92 Å². The van der Waals surface area contributed by atoms with E-state index in [0.717, 1.165) is 87.1 Å². The summed E-state index contributed by atoms with van der Waals surface area (Å²) in [7, 11) is 0. The standard InChI is InChI=1S/C33H36N2O3/c36-31(26-16-15-24-9-1-2-10-25(24)23-26)35-21-19-34(20-22-35)18-8-7-17-33(32(37)38)29-13-5-3-11-27(29)28-12-4-6-14-30(28)33/h1-6,9-14,26H,7-8,15-23H2,(H,37,38). The lowest BCUT2D eigenvalue weighted by molar-refractivity contribution is -0.142. The van der Waals surface area contributed by atoms with E-state index in [1.807, 2.05) is 48.5 Å². The Hall–Kier alpha value is -3.44. The zero-order valence-corrected chi connectivity index (χ0v) is 21.9. The SMILES string of the molecule is O=C(C1CCc2ccccc2C1)N1CCN(CCCCC2(C(=O)O)c3ccccc3-c3ccccc32)CC1. The largest absolute Gasteiger partial charge is 0.480 e. The Morgan fingerprint density at radius 3 is 2.05 bits per heavy atom. The van der Waals surface area contributed by atoms with Crippen LogP contribution >= 0.6 is 0 Å². The molecule has 1 atom stereocenters. The van der Waals surface area contributed by atoms with E-state index < -0.39 is 11.4 Å². The van der Waals surface area contributed by atoms with Crippen LogP contribution in [0.2, 0.25) is 0 Å². The van der Waals surface area contributed by atoms with Gasteiger partial charge in [-0.15, -0.1) is 0 Å². The highest BCUT2D eigenvalue weighted by atomic mass is 16.4. The minimum Gasteiger partial charge on any atom is -0.480 e. The van der Waals surface area contributed by atoms with E-state index in [1.165, 1.54) is 11.1 Å². The van der Waals surface area contributed by atoms with Crippen molar-refractivity contribution in [3.05, 3.63) is 95.1 Å². The van der Waals surface area contributed by atoms with Crippen molar-refractivity contribution < 1.29 is 14.7 Å². The van der Waals surface area contributed by atoms with Gasteiger partial charge in [0.05, 0.1) is 0 Å². The van der Waals surface area contributed by atoms with Crippen molar-refractivity contribution in [1.82, 2.24) is 9.80 Å². The van der Waals surface area contributed by atoms with Gasteiger partial charge in [0.15, 0.2) is 0 Å². The number of carbonyl (C=O) groups is 2. The summed E-state index contributed by atoms with van der Waals surface area (Å²) in [6, 6.07) is 24.5. The number of carbonyl (C=O) groups excluding carboxylic acids is 1. The van der Waals surface area contributed by atoms with Gasteiger partial charge in [-0.05, 0) is 72.0 Å². The predicted octanol–water partition coefficient (Wildman–Crippen LogP) is 5.16. The smallest absolute Gasteiger partial charge is 0.318 e. The van der Waals surface area contributed by atoms with Crippen molar-refractivity contribution in [2.24, 2.45) is 5.92 Å². The number of piperazine rings is 1. The number of hydrogen-bond donors (Lipinski definition) is 1. The predicted molar refractivity (Wildman–Crippen MR) is 149 cm³/mol. The molecule has 1 fully saturated rings. The van der Waals surface area contributed by atoms with E-state index >= 15 is 0 Å². The molecule has 6 rings (SSSR count). The van der Waals surface area contributed by atoms with Crippen LogP contribution in [-0.2, 0) is 27.8 Å². The molecule has 2 aliphatic carbocycles. The molecule has 0 spiro atoms. The summed E-state index contributed by atoms with van der Waals surface area (Å²) in [5, 5.41) is 10.5. The molecular formula is C33H36N2O3. The van der Waals surface area contributed by atoms with Crippen LogP contribution in [0.15, 0.2) is 72.8 Å². The summed E-state index contributed by atoms with van der Waals surface area (Å²) >= 11 is 0. The molecule has 0 bridgehead atoms. The van der Waals surface area contributed by atoms with Crippen LogP contribution in [0, 0.1) is 5.92 Å². The van der Waals surface area contributed by atoms with Crippen molar-refractivity contribution in [2.75, 3.05) is 32.7 Å². The summed E-state index contributed by atoms with van der Waals surface area (Å²) in [5.74, 6) is -0.325. The molecule has 1 aliphatic heterocycles. The van der Waals surface area contributed by atoms with Crippen molar-refractivity contribution in [3.8, 4) is 11.1 Å². The fourth-order valence-electron chi connectivity index (χ4n) is 7.02. The molecule has 0 radical (unpaired) electrons. The Labute approximate surface area is 225 Å². The highest BCUT2D eigenvalue weighted by Gasteiger charge is 2.48. The second-order valence-electron chi connectivity index (χ2n) is 11.1. The molecule has 0 aromatic heterocycles. The molecule has 3 aromatic carbocycles. The molecule has 1 N–H and O–H groups in total. The summed E-state index contributed by atoms with van der Waals surface area (Å²) < 4.78 is 0. The second-order valence-corrected chi connectivity index (χ2v) is 11.1. The number of unbranched alkanes of at least 4 members (excludes halogenated alkanes) is 1. The molecule has 38 heavy (non-hydrogen) atoms. The first-order valence-electron chi connectivity index (χ1n) is 14.1. The third-order valence-corrected chi connectivity index (χ3v) is 9.09. The van der Waals surface area contributed by atoms with Crippen LogP contribution in [-0.4, -0.2) is 59.5 Å². The first-order valence-corrected chi connectivity index (χ1v) is 14.1. The number of nitrogens with zero attached hydrogens (tertiary/aromatic N) is 2. The van der Waals surface area contributed by atoms with Crippen molar-refractivity contribution in [3.63, 3.8) is 0 Å². The van der Waals surface area contributed by atoms with E-state index in [2.05, 4.69) is 34.1 Å². The van der Waals surface area contributed by atoms with Gasteiger partial charge in [-0.2, -0.15) is 0 Å². The maximum absolute atomic E-state index is 13.2. The lowest BCUT2D eigenvalue weighted by Crippen LogP contribution is -2.51. The van der Waals surface area contributed by atoms with Gasteiger partial charge in [0.1, 0.15) is 5.41 Å². The normalized spacial score (nSPS) is 19.9. The Morgan fingerprint density at radius 1 is 0.789 bits per heavy atom. The monoisotopic (exact) mass is 508 g/mol. The number of carboxylic acids is 1. The molecule has 196 valence electrons. The summed E-state index contributed by atoms with van der Waals surface area (Å²) in [6.45, 7) is 4.31. The van der Waals surface area contributed by atoms with Gasteiger partial charge in [-0.1, -0.05) is 79.2 Å². The Morgan fingerprint density at radius 2 is 1.39 bits per heavy atom. The number of benzene rings is 3. The van der Waals surface area contributed by atoms with Gasteiger partial charge in [0.2, 0.25) is 5.91 Å². The molecule has 1 saturated heterocycles. The maximum atomic E-state index is 13.2. The summed E-state index contributed by atoms with van der Waals surface area (Å²) in [5.41, 5.74) is 5.70. The summed E-state index contributed by atoms with van der Waals surface area (Å²) in [6.07, 6.45) is 5.21. The minimum atomic E-state index is -0.975. The van der Waals surface area contributed by atoms with E-state index in [0.29, 0.717) is 12.3 Å². The highest BCUT2D eigenvalue weighted by molar-refractivity contribution is 5.97. The number of rotatable bonds is 7. The minimum absolute atomic E-state index is 0.112. The first kappa shape index (κ1) is 24.9. The number of aryl methyl sites for hydroxylation is 1. The van der Waals surface area contributed by atoms with Gasteiger partial charge in [-0.25, -0.2) is 0 Å². The molecule has 3 aromatic rings. The van der Waals surface area contributed by atoms with E-state index in [9.17, 15) is 14.7 Å². The average Bonchev–Trinajstić information content (AvgIpc) is 3.26. The Bertz CT molecular complexity index is 1300. The summed E-state index contributed by atoms with van der Waals surface area (Å²) in [4.78, 5) is 30.5. The molecule has 5 nitrogen and oxygen atoms in total. The molecule has 3 aliphatic rings. The van der Waals surface area contributed by atoms with Crippen LogP contribution in [0.5, 0.6) is 0 Å². The highest BCUT2D eigenvalue weighted by Crippen LogP contribution is 2.51. The number of aliphatic carboxylic acids is 1. The fourth-order valence-corrected chi connectivity index (χ4v) is 7.02. The fraction of sp³-hybridized carbons (Fsp3) is 0.394. The topological polar surface area (TPSA) is 60.9 Å². The molecule has 0 saturated carbocycles. The van der Waals surface area contributed by atoms with Gasteiger partial charge >= 0.3 is 5.97 Å². The van der Waals surface area contributed by atoms with Gasteiger partial charge in [-0.3, -0.25) is 14.5 Å². The van der Waals surface area contributed by atoms with Crippen molar-refractivity contribution >= 4 is 11.9 Å². The quantitative estimate of drug-likeness (QED) is 0.448. The van der Waals surface area contributed by atoms with Crippen molar-refractivity contribution in [2.45, 2.75) is 43.9 Å². The zero-order valence-electron chi connectivity index (χ0n) is 21.9. The third-order valence-electron chi connectivity index (χ3n) is 9.09. The van der Waals surface area contributed by atoms with Gasteiger partial charge in [0.25, 0.3) is 0 Å². The molecular weight excluding hydrogens is 472 g/mol. The van der Waals surface area contributed by atoms with E-state index in [4.69, 9.17) is 0 Å².